The smallest absolute Gasteiger partial charge is 0.343 e. The van der Waals surface area contributed by atoms with Gasteiger partial charge in [-0.05, 0) is 43.7 Å². The zero-order valence-electron chi connectivity index (χ0n) is 12.4. The van der Waals surface area contributed by atoms with Crippen LogP contribution in [0.15, 0.2) is 54.1 Å². The minimum absolute atomic E-state index is 0.348. The number of aryl methyl sites for hydroxylation is 2. The van der Waals surface area contributed by atoms with Gasteiger partial charge in [-0.25, -0.2) is 9.18 Å². The first kappa shape index (κ1) is 14.3. The SMILES string of the molecule is Cc1ccc(C)c(C2=C/C(=C/c3ccccc3F)C(=O)O2)c1. The zero-order valence-corrected chi connectivity index (χ0v) is 12.4. The van der Waals surface area contributed by atoms with Crippen molar-refractivity contribution >= 4 is 17.8 Å². The van der Waals surface area contributed by atoms with E-state index < -0.39 is 5.97 Å². The lowest BCUT2D eigenvalue weighted by Gasteiger charge is -2.06. The summed E-state index contributed by atoms with van der Waals surface area (Å²) in [6.45, 7) is 3.94. The highest BCUT2D eigenvalue weighted by molar-refractivity contribution is 6.05. The highest BCUT2D eigenvalue weighted by Crippen LogP contribution is 2.30. The third-order valence-electron chi connectivity index (χ3n) is 3.60. The van der Waals surface area contributed by atoms with Crippen LogP contribution >= 0.6 is 0 Å². The molecule has 2 aromatic carbocycles. The maximum atomic E-state index is 13.7. The molecule has 1 aliphatic rings. The van der Waals surface area contributed by atoms with Crippen LogP contribution in [0.1, 0.15) is 22.3 Å². The molecule has 0 unspecified atom stereocenters. The second-order valence-corrected chi connectivity index (χ2v) is 5.34. The molecule has 0 N–H and O–H groups in total. The summed E-state index contributed by atoms with van der Waals surface area (Å²) in [5.74, 6) is -0.315. The number of hydrogen-bond donors (Lipinski definition) is 0. The highest BCUT2D eigenvalue weighted by Gasteiger charge is 2.23. The van der Waals surface area contributed by atoms with Crippen LogP contribution < -0.4 is 0 Å². The van der Waals surface area contributed by atoms with Crippen molar-refractivity contribution in [2.24, 2.45) is 0 Å². The summed E-state index contributed by atoms with van der Waals surface area (Å²) in [4.78, 5) is 12.0. The number of benzene rings is 2. The molecule has 22 heavy (non-hydrogen) atoms. The molecule has 0 saturated heterocycles. The van der Waals surface area contributed by atoms with Gasteiger partial charge in [-0.1, -0.05) is 35.9 Å². The first-order chi connectivity index (χ1) is 10.5. The molecule has 0 aliphatic carbocycles. The van der Waals surface area contributed by atoms with E-state index in [1.807, 2.05) is 32.0 Å². The molecular formula is C19H15FO2. The minimum atomic E-state index is -0.459. The lowest BCUT2D eigenvalue weighted by atomic mass is 10.0. The van der Waals surface area contributed by atoms with Gasteiger partial charge < -0.3 is 4.74 Å². The van der Waals surface area contributed by atoms with Gasteiger partial charge >= 0.3 is 5.97 Å². The van der Waals surface area contributed by atoms with Gasteiger partial charge in [0.25, 0.3) is 0 Å². The van der Waals surface area contributed by atoms with E-state index in [1.165, 1.54) is 12.1 Å². The summed E-state index contributed by atoms with van der Waals surface area (Å²) in [5, 5.41) is 0. The number of esters is 1. The summed E-state index contributed by atoms with van der Waals surface area (Å²) in [6.07, 6.45) is 3.17. The largest absolute Gasteiger partial charge is 0.422 e. The van der Waals surface area contributed by atoms with Crippen LogP contribution in [0.3, 0.4) is 0 Å². The van der Waals surface area contributed by atoms with Gasteiger partial charge in [-0.3, -0.25) is 0 Å². The summed E-state index contributed by atoms with van der Waals surface area (Å²) in [7, 11) is 0. The van der Waals surface area contributed by atoms with Crippen molar-refractivity contribution in [3.05, 3.63) is 82.2 Å². The molecule has 0 bridgehead atoms. The molecule has 0 aromatic heterocycles. The third kappa shape index (κ3) is 2.70. The molecule has 0 amide bonds. The normalized spacial score (nSPS) is 15.9. The van der Waals surface area contributed by atoms with Crippen molar-refractivity contribution in [3.63, 3.8) is 0 Å². The Morgan fingerprint density at radius 1 is 1.09 bits per heavy atom. The second-order valence-electron chi connectivity index (χ2n) is 5.34. The van der Waals surface area contributed by atoms with Gasteiger partial charge in [0.1, 0.15) is 11.6 Å². The van der Waals surface area contributed by atoms with Crippen LogP contribution in [0, 0.1) is 19.7 Å². The highest BCUT2D eigenvalue weighted by atomic mass is 19.1. The molecule has 2 aromatic rings. The second kappa shape index (κ2) is 5.60. The molecule has 0 fully saturated rings. The summed E-state index contributed by atoms with van der Waals surface area (Å²) in [6, 6.07) is 12.3. The van der Waals surface area contributed by atoms with Crippen molar-refractivity contribution in [2.45, 2.75) is 13.8 Å². The van der Waals surface area contributed by atoms with E-state index in [0.29, 0.717) is 16.9 Å². The van der Waals surface area contributed by atoms with Crippen LogP contribution in [0.25, 0.3) is 11.8 Å². The van der Waals surface area contributed by atoms with Gasteiger partial charge in [-0.2, -0.15) is 0 Å². The van der Waals surface area contributed by atoms with E-state index in [-0.39, 0.29) is 5.82 Å². The van der Waals surface area contributed by atoms with Crippen molar-refractivity contribution in [3.8, 4) is 0 Å². The standard InChI is InChI=1S/C19H15FO2/c1-12-7-8-13(2)16(9-12)18-11-15(19(21)22-18)10-14-5-3-4-6-17(14)20/h3-11H,1-2H3/b15-10-. The van der Waals surface area contributed by atoms with Gasteiger partial charge in [0, 0.05) is 11.1 Å². The predicted octanol–water partition coefficient (Wildman–Crippen LogP) is 4.42. The van der Waals surface area contributed by atoms with E-state index in [9.17, 15) is 9.18 Å². The lowest BCUT2D eigenvalue weighted by Crippen LogP contribution is -1.98. The van der Waals surface area contributed by atoms with Crippen LogP contribution in [0.4, 0.5) is 4.39 Å². The van der Waals surface area contributed by atoms with Gasteiger partial charge in [0.05, 0.1) is 5.57 Å². The van der Waals surface area contributed by atoms with Crippen LogP contribution in [-0.2, 0) is 9.53 Å². The van der Waals surface area contributed by atoms with E-state index in [2.05, 4.69) is 0 Å². The minimum Gasteiger partial charge on any atom is -0.422 e. The first-order valence-electron chi connectivity index (χ1n) is 7.02. The van der Waals surface area contributed by atoms with Crippen molar-refractivity contribution < 1.29 is 13.9 Å². The maximum Gasteiger partial charge on any atom is 0.343 e. The third-order valence-corrected chi connectivity index (χ3v) is 3.60. The monoisotopic (exact) mass is 294 g/mol. The van der Waals surface area contributed by atoms with Crippen LogP contribution in [-0.4, -0.2) is 5.97 Å². The zero-order chi connectivity index (χ0) is 15.7. The fourth-order valence-corrected chi connectivity index (χ4v) is 2.38. The van der Waals surface area contributed by atoms with E-state index >= 15 is 0 Å². The topological polar surface area (TPSA) is 26.3 Å². The molecule has 1 heterocycles. The average Bonchev–Trinajstić information content (AvgIpc) is 2.85. The molecule has 1 aliphatic heterocycles. The Hall–Kier alpha value is -2.68. The van der Waals surface area contributed by atoms with E-state index in [0.717, 1.165) is 16.7 Å². The summed E-state index contributed by atoms with van der Waals surface area (Å²) < 4.78 is 19.0. The fraction of sp³-hybridized carbons (Fsp3) is 0.105. The Kier molecular flexibility index (Phi) is 3.63. The molecule has 0 saturated carbocycles. The Morgan fingerprint density at radius 3 is 2.64 bits per heavy atom. The molecule has 0 radical (unpaired) electrons. The van der Waals surface area contributed by atoms with Crippen molar-refractivity contribution in [1.82, 2.24) is 0 Å². The Labute approximate surface area is 128 Å². The van der Waals surface area contributed by atoms with E-state index in [4.69, 9.17) is 4.74 Å². The molecular weight excluding hydrogens is 279 g/mol. The molecule has 0 atom stereocenters. The first-order valence-corrected chi connectivity index (χ1v) is 7.02. The van der Waals surface area contributed by atoms with Crippen LogP contribution in [0.2, 0.25) is 0 Å². The fourth-order valence-electron chi connectivity index (χ4n) is 2.38. The van der Waals surface area contributed by atoms with Crippen molar-refractivity contribution in [1.29, 1.82) is 0 Å². The number of rotatable bonds is 2. The number of cyclic esters (lactones) is 1. The molecule has 110 valence electrons. The van der Waals surface area contributed by atoms with E-state index in [1.54, 1.807) is 24.3 Å². The number of carbonyl (C=O) groups is 1. The number of ether oxygens (including phenoxy) is 1. The number of hydrogen-bond acceptors (Lipinski definition) is 2. The summed E-state index contributed by atoms with van der Waals surface area (Å²) in [5.41, 5.74) is 3.71. The van der Waals surface area contributed by atoms with Crippen molar-refractivity contribution in [2.75, 3.05) is 0 Å². The summed E-state index contributed by atoms with van der Waals surface area (Å²) >= 11 is 0. The van der Waals surface area contributed by atoms with Gasteiger partial charge in [0.15, 0.2) is 0 Å². The Morgan fingerprint density at radius 2 is 1.86 bits per heavy atom. The molecule has 2 nitrogen and oxygen atoms in total. The predicted molar refractivity (Wildman–Crippen MR) is 84.4 cm³/mol. The maximum absolute atomic E-state index is 13.7. The quantitative estimate of drug-likeness (QED) is 0.605. The Balaban J connectivity index is 2.02. The molecule has 0 spiro atoms. The van der Waals surface area contributed by atoms with Crippen LogP contribution in [0.5, 0.6) is 0 Å². The molecule has 3 rings (SSSR count). The van der Waals surface area contributed by atoms with Gasteiger partial charge in [-0.15, -0.1) is 0 Å². The average molecular weight is 294 g/mol. The lowest BCUT2D eigenvalue weighted by molar-refractivity contribution is -0.130. The number of halogens is 1. The number of carbonyl (C=O) groups excluding carboxylic acids is 1. The Bertz CT molecular complexity index is 816. The van der Waals surface area contributed by atoms with Gasteiger partial charge in [0.2, 0.25) is 0 Å². The molecule has 3 heteroatoms.